The summed E-state index contributed by atoms with van der Waals surface area (Å²) in [5, 5.41) is 4.61. The van der Waals surface area contributed by atoms with Crippen LogP contribution in [0.1, 0.15) is 25.1 Å². The van der Waals surface area contributed by atoms with Gasteiger partial charge in [-0.25, -0.2) is 0 Å². The van der Waals surface area contributed by atoms with E-state index in [-0.39, 0.29) is 0 Å². The molecule has 0 unspecified atom stereocenters. The molecule has 14 heavy (non-hydrogen) atoms. The van der Waals surface area contributed by atoms with Gasteiger partial charge in [0.25, 0.3) is 0 Å². The molecule has 78 valence electrons. The molecule has 0 bridgehead atoms. The molecule has 0 N–H and O–H groups in total. The number of hydrogen-bond acceptors (Lipinski definition) is 2. The first-order valence-corrected chi connectivity index (χ1v) is 5.80. The van der Waals surface area contributed by atoms with Gasteiger partial charge in [-0.2, -0.15) is 5.10 Å². The molecule has 0 aliphatic carbocycles. The van der Waals surface area contributed by atoms with E-state index in [0.29, 0.717) is 5.92 Å². The van der Waals surface area contributed by atoms with Crippen LogP contribution in [-0.2, 0) is 19.6 Å². The van der Waals surface area contributed by atoms with E-state index in [0.717, 1.165) is 19.6 Å². The maximum atomic E-state index is 4.61. The summed E-state index contributed by atoms with van der Waals surface area (Å²) in [5.41, 5.74) is 2.60. The van der Waals surface area contributed by atoms with E-state index in [2.05, 4.69) is 51.5 Å². The van der Waals surface area contributed by atoms with Crippen molar-refractivity contribution in [3.8, 4) is 0 Å². The van der Waals surface area contributed by atoms with Gasteiger partial charge in [0.2, 0.25) is 0 Å². The lowest BCUT2D eigenvalue weighted by atomic mass is 10.2. The number of aromatic nitrogens is 2. The van der Waals surface area contributed by atoms with Crippen molar-refractivity contribution < 1.29 is 0 Å². The lowest BCUT2D eigenvalue weighted by Gasteiger charge is -2.09. The van der Waals surface area contributed by atoms with Gasteiger partial charge in [-0.15, -0.1) is 0 Å². The van der Waals surface area contributed by atoms with Gasteiger partial charge in [0, 0.05) is 25.2 Å². The van der Waals surface area contributed by atoms with E-state index >= 15 is 0 Å². The summed E-state index contributed by atoms with van der Waals surface area (Å²) in [4.78, 5) is 2.28. The fourth-order valence-electron chi connectivity index (χ4n) is 1.86. The maximum absolute atomic E-state index is 4.61. The van der Waals surface area contributed by atoms with Gasteiger partial charge >= 0.3 is 0 Å². The van der Waals surface area contributed by atoms with Gasteiger partial charge < -0.3 is 0 Å². The van der Waals surface area contributed by atoms with Gasteiger partial charge in [0.05, 0.1) is 5.69 Å². The van der Waals surface area contributed by atoms with Crippen LogP contribution in [0.25, 0.3) is 0 Å². The summed E-state index contributed by atoms with van der Waals surface area (Å²) in [6.45, 7) is 7.43. The molecule has 3 nitrogen and oxygen atoms in total. The molecule has 1 aliphatic heterocycles. The molecule has 0 aromatic carbocycles. The highest BCUT2D eigenvalue weighted by molar-refractivity contribution is 9.10. The average molecular weight is 258 g/mol. The standard InChI is InChI=1S/C10H16BrN3/c1-7(2)4-14-10(11)8-5-13(3)6-9(8)12-14/h7H,4-6H2,1-3H3. The second-order valence-electron chi connectivity index (χ2n) is 4.46. The molecule has 1 aromatic heterocycles. The molecule has 0 radical (unpaired) electrons. The molecule has 0 fully saturated rings. The Balaban J connectivity index is 2.26. The average Bonchev–Trinajstić information content (AvgIpc) is 2.53. The minimum Gasteiger partial charge on any atom is -0.296 e. The molecular formula is C10H16BrN3. The van der Waals surface area contributed by atoms with Crippen molar-refractivity contribution in [3.05, 3.63) is 15.9 Å². The minimum atomic E-state index is 0.643. The lowest BCUT2D eigenvalue weighted by Crippen LogP contribution is -2.12. The third kappa shape index (κ3) is 1.73. The first-order chi connectivity index (χ1) is 6.58. The van der Waals surface area contributed by atoms with E-state index < -0.39 is 0 Å². The smallest absolute Gasteiger partial charge is 0.108 e. The molecule has 1 aromatic rings. The largest absolute Gasteiger partial charge is 0.296 e. The second-order valence-corrected chi connectivity index (χ2v) is 5.22. The predicted molar refractivity (Wildman–Crippen MR) is 59.9 cm³/mol. The summed E-state index contributed by atoms with van der Waals surface area (Å²) in [7, 11) is 2.13. The first-order valence-electron chi connectivity index (χ1n) is 5.00. The van der Waals surface area contributed by atoms with Crippen molar-refractivity contribution in [3.63, 3.8) is 0 Å². The van der Waals surface area contributed by atoms with Crippen molar-refractivity contribution in [1.29, 1.82) is 0 Å². The van der Waals surface area contributed by atoms with Crippen molar-refractivity contribution in [2.24, 2.45) is 5.92 Å². The zero-order valence-electron chi connectivity index (χ0n) is 8.92. The van der Waals surface area contributed by atoms with Crippen LogP contribution in [0.15, 0.2) is 4.60 Å². The van der Waals surface area contributed by atoms with Crippen molar-refractivity contribution in [1.82, 2.24) is 14.7 Å². The zero-order chi connectivity index (χ0) is 10.3. The Kier molecular flexibility index (Phi) is 2.66. The SMILES string of the molecule is CC(C)Cn1nc2c(c1Br)CN(C)C2. The topological polar surface area (TPSA) is 21.1 Å². The molecule has 2 heterocycles. The van der Waals surface area contributed by atoms with Crippen LogP contribution in [0.3, 0.4) is 0 Å². The highest BCUT2D eigenvalue weighted by Crippen LogP contribution is 2.28. The summed E-state index contributed by atoms with van der Waals surface area (Å²) in [6, 6.07) is 0. The van der Waals surface area contributed by atoms with Crippen LogP contribution >= 0.6 is 15.9 Å². The van der Waals surface area contributed by atoms with Crippen molar-refractivity contribution in [2.45, 2.75) is 33.5 Å². The quantitative estimate of drug-likeness (QED) is 0.811. The van der Waals surface area contributed by atoms with E-state index in [1.807, 2.05) is 0 Å². The van der Waals surface area contributed by atoms with Crippen molar-refractivity contribution in [2.75, 3.05) is 7.05 Å². The maximum Gasteiger partial charge on any atom is 0.108 e. The minimum absolute atomic E-state index is 0.643. The van der Waals surface area contributed by atoms with Gasteiger partial charge in [-0.3, -0.25) is 9.58 Å². The lowest BCUT2D eigenvalue weighted by molar-refractivity contribution is 0.341. The predicted octanol–water partition coefficient (Wildman–Crippen LogP) is 2.25. The zero-order valence-corrected chi connectivity index (χ0v) is 10.5. The molecule has 2 rings (SSSR count). The third-order valence-corrected chi connectivity index (χ3v) is 3.34. The van der Waals surface area contributed by atoms with Gasteiger partial charge in [-0.1, -0.05) is 13.8 Å². The van der Waals surface area contributed by atoms with Crippen LogP contribution in [0.2, 0.25) is 0 Å². The third-order valence-electron chi connectivity index (χ3n) is 2.45. The molecule has 0 saturated heterocycles. The number of fused-ring (bicyclic) bond motifs is 1. The highest BCUT2D eigenvalue weighted by atomic mass is 79.9. The molecule has 0 spiro atoms. The Morgan fingerprint density at radius 1 is 1.43 bits per heavy atom. The van der Waals surface area contributed by atoms with Gasteiger partial charge in [0.15, 0.2) is 0 Å². The number of rotatable bonds is 2. The van der Waals surface area contributed by atoms with Crippen LogP contribution < -0.4 is 0 Å². The van der Waals surface area contributed by atoms with Gasteiger partial charge in [0.1, 0.15) is 4.60 Å². The van der Waals surface area contributed by atoms with E-state index in [1.165, 1.54) is 15.9 Å². The van der Waals surface area contributed by atoms with E-state index in [4.69, 9.17) is 0 Å². The normalized spacial score (nSPS) is 16.6. The Labute approximate surface area is 93.2 Å². The molecular weight excluding hydrogens is 242 g/mol. The van der Waals surface area contributed by atoms with Crippen LogP contribution in [-0.4, -0.2) is 21.7 Å². The van der Waals surface area contributed by atoms with Crippen molar-refractivity contribution >= 4 is 15.9 Å². The van der Waals surface area contributed by atoms with E-state index in [1.54, 1.807) is 0 Å². The molecule has 1 aliphatic rings. The Bertz CT molecular complexity index is 343. The van der Waals surface area contributed by atoms with Crippen LogP contribution in [0.4, 0.5) is 0 Å². The number of halogens is 1. The molecule has 0 amide bonds. The molecule has 0 atom stereocenters. The summed E-state index contributed by atoms with van der Waals surface area (Å²) in [5.74, 6) is 0.643. The van der Waals surface area contributed by atoms with Crippen LogP contribution in [0.5, 0.6) is 0 Å². The Morgan fingerprint density at radius 2 is 2.14 bits per heavy atom. The Morgan fingerprint density at radius 3 is 2.71 bits per heavy atom. The molecule has 4 heteroatoms. The van der Waals surface area contributed by atoms with E-state index in [9.17, 15) is 0 Å². The summed E-state index contributed by atoms with van der Waals surface area (Å²) in [6.07, 6.45) is 0. The second kappa shape index (κ2) is 3.66. The first kappa shape index (κ1) is 10.2. The summed E-state index contributed by atoms with van der Waals surface area (Å²) >= 11 is 3.63. The number of hydrogen-bond donors (Lipinski definition) is 0. The highest BCUT2D eigenvalue weighted by Gasteiger charge is 2.23. The summed E-state index contributed by atoms with van der Waals surface area (Å²) < 4.78 is 3.26. The molecule has 0 saturated carbocycles. The fourth-order valence-corrected chi connectivity index (χ4v) is 2.44. The number of nitrogens with zero attached hydrogens (tertiary/aromatic N) is 3. The fraction of sp³-hybridized carbons (Fsp3) is 0.700. The van der Waals surface area contributed by atoms with Crippen LogP contribution in [0, 0.1) is 5.92 Å². The van der Waals surface area contributed by atoms with Gasteiger partial charge in [-0.05, 0) is 28.9 Å². The monoisotopic (exact) mass is 257 g/mol. The Hall–Kier alpha value is -0.350.